The first-order valence-electron chi connectivity index (χ1n) is 6.56. The van der Waals surface area contributed by atoms with Crippen LogP contribution in [0.2, 0.25) is 0 Å². The number of anilines is 1. The molecule has 7 nitrogen and oxygen atoms in total. The summed E-state index contributed by atoms with van der Waals surface area (Å²) in [5, 5.41) is 13.3. The quantitative estimate of drug-likeness (QED) is 0.262. The number of hydrazone groups is 1. The van der Waals surface area contributed by atoms with Crippen molar-refractivity contribution in [2.45, 2.75) is 0 Å². The number of hydrogen-bond acceptors (Lipinski definition) is 6. The Labute approximate surface area is 151 Å². The number of benzene rings is 1. The van der Waals surface area contributed by atoms with E-state index in [1.165, 1.54) is 0 Å². The molecule has 0 radical (unpaired) electrons. The van der Waals surface area contributed by atoms with Crippen LogP contribution in [0.4, 0.5) is 5.95 Å². The summed E-state index contributed by atoms with van der Waals surface area (Å²) < 4.78 is 7.10. The molecule has 4 rings (SSSR count). The Morgan fingerprint density at radius 2 is 2.17 bits per heavy atom. The lowest BCUT2D eigenvalue weighted by Crippen LogP contribution is -1.98. The second-order valence-electron chi connectivity index (χ2n) is 4.64. The molecule has 0 bridgehead atoms. The number of fused-ring (bicyclic) bond motifs is 3. The first-order valence-corrected chi connectivity index (χ1v) is 8.43. The van der Waals surface area contributed by atoms with Crippen LogP contribution in [0.3, 0.4) is 0 Å². The number of nitrogens with zero attached hydrogens (tertiary/aromatic N) is 4. The largest absolute Gasteiger partial charge is 0.448 e. The molecule has 3 aromatic heterocycles. The van der Waals surface area contributed by atoms with Crippen molar-refractivity contribution in [2.75, 3.05) is 5.43 Å². The maximum atomic E-state index is 5.45. The van der Waals surface area contributed by atoms with Gasteiger partial charge in [-0.15, -0.1) is 10.2 Å². The van der Waals surface area contributed by atoms with Crippen LogP contribution in [0.25, 0.3) is 22.1 Å². The topological polar surface area (TPSA) is 92.0 Å². The maximum absolute atomic E-state index is 5.45. The molecule has 0 unspecified atom stereocenters. The number of rotatable bonds is 3. The highest BCUT2D eigenvalue weighted by atomic mass is 127. The van der Waals surface area contributed by atoms with Crippen molar-refractivity contribution in [1.29, 1.82) is 0 Å². The minimum Gasteiger partial charge on any atom is -0.448 e. The fourth-order valence-corrected chi connectivity index (χ4v) is 2.87. The third-order valence-corrected chi connectivity index (χ3v) is 5.27. The maximum Gasteiger partial charge on any atom is 0.265 e. The summed E-state index contributed by atoms with van der Waals surface area (Å²) in [6, 6.07) is 9.69. The van der Waals surface area contributed by atoms with Gasteiger partial charge in [0.15, 0.2) is 9.41 Å². The van der Waals surface area contributed by atoms with Crippen LogP contribution in [0, 0.1) is 3.77 Å². The van der Waals surface area contributed by atoms with Gasteiger partial charge in [-0.05, 0) is 22.0 Å². The molecule has 2 N–H and O–H groups in total. The average Bonchev–Trinajstić information content (AvgIpc) is 3.07. The second-order valence-corrected chi connectivity index (χ2v) is 6.48. The Bertz CT molecular complexity index is 1020. The predicted molar refractivity (Wildman–Crippen MR) is 99.5 cm³/mol. The van der Waals surface area contributed by atoms with Crippen LogP contribution in [-0.2, 0) is 0 Å². The molecule has 114 valence electrons. The lowest BCUT2D eigenvalue weighted by molar-refractivity contribution is 0.529. The van der Waals surface area contributed by atoms with Gasteiger partial charge in [-0.3, -0.25) is 0 Å². The third kappa shape index (κ3) is 2.81. The molecular formula is C14H8BrIN6O. The molecule has 0 aliphatic heterocycles. The fourth-order valence-electron chi connectivity index (χ4n) is 2.15. The van der Waals surface area contributed by atoms with Gasteiger partial charge >= 0.3 is 0 Å². The fraction of sp³-hybridized carbons (Fsp3) is 0. The minimum atomic E-state index is 0.306. The lowest BCUT2D eigenvalue weighted by atomic mass is 10.2. The van der Waals surface area contributed by atoms with Crippen molar-refractivity contribution >= 4 is 72.8 Å². The zero-order valence-electron chi connectivity index (χ0n) is 11.4. The van der Waals surface area contributed by atoms with E-state index in [-0.39, 0.29) is 0 Å². The van der Waals surface area contributed by atoms with Gasteiger partial charge < -0.3 is 9.40 Å². The molecule has 23 heavy (non-hydrogen) atoms. The van der Waals surface area contributed by atoms with Gasteiger partial charge in [0.1, 0.15) is 11.3 Å². The second kappa shape index (κ2) is 5.89. The van der Waals surface area contributed by atoms with Crippen LogP contribution in [0.5, 0.6) is 0 Å². The highest BCUT2D eigenvalue weighted by molar-refractivity contribution is 14.1. The summed E-state index contributed by atoms with van der Waals surface area (Å²) in [6.07, 6.45) is 1.55. The molecule has 0 aliphatic carbocycles. The van der Waals surface area contributed by atoms with Gasteiger partial charge in [0.05, 0.1) is 10.7 Å². The molecule has 0 saturated heterocycles. The highest BCUT2D eigenvalue weighted by Gasteiger charge is 2.08. The van der Waals surface area contributed by atoms with E-state index in [0.29, 0.717) is 17.4 Å². The number of hydrogen-bond donors (Lipinski definition) is 2. The number of H-pyrrole nitrogens is 1. The normalized spacial score (nSPS) is 11.7. The average molecular weight is 483 g/mol. The Balaban J connectivity index is 1.60. The molecule has 4 aromatic rings. The van der Waals surface area contributed by atoms with Crippen molar-refractivity contribution in [2.24, 2.45) is 5.10 Å². The van der Waals surface area contributed by atoms with Gasteiger partial charge in [0, 0.05) is 39.6 Å². The molecule has 0 aliphatic rings. The molecular weight excluding hydrogens is 475 g/mol. The van der Waals surface area contributed by atoms with Crippen LogP contribution in [0.15, 0.2) is 44.3 Å². The third-order valence-electron chi connectivity index (χ3n) is 3.14. The van der Waals surface area contributed by atoms with Gasteiger partial charge in [-0.1, -0.05) is 18.2 Å². The molecule has 1 aromatic carbocycles. The van der Waals surface area contributed by atoms with Crippen molar-refractivity contribution in [3.05, 3.63) is 44.3 Å². The van der Waals surface area contributed by atoms with Gasteiger partial charge in [0.25, 0.3) is 5.95 Å². The first kappa shape index (κ1) is 14.6. The van der Waals surface area contributed by atoms with Crippen LogP contribution < -0.4 is 5.43 Å². The number of para-hydroxylation sites is 1. The molecule has 9 heteroatoms. The van der Waals surface area contributed by atoms with E-state index in [1.54, 1.807) is 6.21 Å². The van der Waals surface area contributed by atoms with Gasteiger partial charge in [-0.25, -0.2) is 5.43 Å². The van der Waals surface area contributed by atoms with E-state index in [2.05, 4.69) is 69.2 Å². The van der Waals surface area contributed by atoms with E-state index in [4.69, 9.17) is 4.42 Å². The standard InChI is InChI=1S/C14H8BrIN6O/c15-9-5-7(23-12(9)16)6-17-21-14-19-13-11(20-22-14)8-3-1-2-4-10(8)18-13/h1-6H,(H2,18,19,21,22)/b17-6+. The van der Waals surface area contributed by atoms with Gasteiger partial charge in [-0.2, -0.15) is 10.1 Å². The zero-order chi connectivity index (χ0) is 15.8. The summed E-state index contributed by atoms with van der Waals surface area (Å²) in [6.45, 7) is 0. The smallest absolute Gasteiger partial charge is 0.265 e. The van der Waals surface area contributed by atoms with Crippen molar-refractivity contribution < 1.29 is 4.42 Å². The highest BCUT2D eigenvalue weighted by Crippen LogP contribution is 2.23. The lowest BCUT2D eigenvalue weighted by Gasteiger charge is -1.96. The van der Waals surface area contributed by atoms with E-state index in [1.807, 2.05) is 30.3 Å². The molecule has 0 amide bonds. The molecule has 0 atom stereocenters. The summed E-state index contributed by atoms with van der Waals surface area (Å²) in [5.74, 6) is 0.925. The predicted octanol–water partition coefficient (Wildman–Crippen LogP) is 3.91. The summed E-state index contributed by atoms with van der Waals surface area (Å²) in [7, 11) is 0. The molecule has 0 fully saturated rings. The number of halogens is 2. The van der Waals surface area contributed by atoms with Crippen LogP contribution >= 0.6 is 38.5 Å². The van der Waals surface area contributed by atoms with Crippen LogP contribution in [0.1, 0.15) is 5.76 Å². The van der Waals surface area contributed by atoms with E-state index in [0.717, 1.165) is 24.7 Å². The Morgan fingerprint density at radius 1 is 1.30 bits per heavy atom. The van der Waals surface area contributed by atoms with Crippen molar-refractivity contribution in [3.8, 4) is 0 Å². The summed E-state index contributed by atoms with van der Waals surface area (Å²) in [5.41, 5.74) is 5.11. The summed E-state index contributed by atoms with van der Waals surface area (Å²) in [4.78, 5) is 7.58. The Hall–Kier alpha value is -2.01. The van der Waals surface area contributed by atoms with Crippen molar-refractivity contribution in [1.82, 2.24) is 20.2 Å². The van der Waals surface area contributed by atoms with Gasteiger partial charge in [0.2, 0.25) is 0 Å². The number of aromatic amines is 1. The van der Waals surface area contributed by atoms with E-state index >= 15 is 0 Å². The summed E-state index contributed by atoms with van der Waals surface area (Å²) >= 11 is 5.46. The Morgan fingerprint density at radius 3 is 3.00 bits per heavy atom. The van der Waals surface area contributed by atoms with E-state index in [9.17, 15) is 0 Å². The van der Waals surface area contributed by atoms with E-state index < -0.39 is 0 Å². The number of aromatic nitrogens is 4. The minimum absolute atomic E-state index is 0.306. The monoisotopic (exact) mass is 482 g/mol. The van der Waals surface area contributed by atoms with Crippen molar-refractivity contribution in [3.63, 3.8) is 0 Å². The number of furan rings is 1. The molecule has 3 heterocycles. The first-order chi connectivity index (χ1) is 11.2. The molecule has 0 saturated carbocycles. The van der Waals surface area contributed by atoms with Crippen LogP contribution in [-0.4, -0.2) is 26.4 Å². The Kier molecular flexibility index (Phi) is 3.73. The SMILES string of the molecule is Brc1cc(/C=N/Nc2nnc3c(n2)[nH]c2ccccc23)oc1I. The number of nitrogens with one attached hydrogen (secondary N) is 2. The zero-order valence-corrected chi connectivity index (χ0v) is 15.2. The molecule has 0 spiro atoms.